The lowest BCUT2D eigenvalue weighted by Crippen LogP contribution is -2.27. The molecule has 0 aromatic heterocycles. The van der Waals surface area contributed by atoms with Crippen LogP contribution in [0.3, 0.4) is 0 Å². The number of ether oxygens (including phenoxy) is 2. The Hall–Kier alpha value is -1.86. The third-order valence-electron chi connectivity index (χ3n) is 4.07. The molecule has 1 heterocycles. The maximum absolute atomic E-state index is 12.8. The van der Waals surface area contributed by atoms with Crippen molar-refractivity contribution < 1.29 is 19.1 Å². The average molecular weight is 574 g/mol. The Morgan fingerprint density at radius 3 is 2.70 bits per heavy atom. The molecule has 0 unspecified atom stereocenters. The smallest absolute Gasteiger partial charge is 0.293 e. The minimum Gasteiger partial charge on any atom is -0.493 e. The molecule has 0 saturated carbocycles. The number of hydrogen-bond acceptors (Lipinski definition) is 5. The van der Waals surface area contributed by atoms with E-state index in [1.54, 1.807) is 30.3 Å². The minimum atomic E-state index is -0.391. The first-order chi connectivity index (χ1) is 14.3. The minimum absolute atomic E-state index is 0.0672. The van der Waals surface area contributed by atoms with E-state index in [-0.39, 0.29) is 18.4 Å². The first-order valence-corrected chi connectivity index (χ1v) is 11.1. The van der Waals surface area contributed by atoms with Gasteiger partial charge < -0.3 is 9.47 Å². The van der Waals surface area contributed by atoms with E-state index in [4.69, 9.17) is 39.1 Å². The summed E-state index contributed by atoms with van der Waals surface area (Å²) in [6, 6.07) is 8.47. The van der Waals surface area contributed by atoms with Gasteiger partial charge >= 0.3 is 0 Å². The summed E-state index contributed by atoms with van der Waals surface area (Å²) in [5.74, 6) is 3.03. The topological polar surface area (TPSA) is 55.8 Å². The van der Waals surface area contributed by atoms with Crippen LogP contribution in [0.5, 0.6) is 11.5 Å². The van der Waals surface area contributed by atoms with Crippen LogP contribution in [0.4, 0.5) is 4.79 Å². The van der Waals surface area contributed by atoms with Gasteiger partial charge in [-0.2, -0.15) is 0 Å². The Bertz CT molecular complexity index is 1100. The van der Waals surface area contributed by atoms with Gasteiger partial charge in [0.2, 0.25) is 0 Å². The summed E-state index contributed by atoms with van der Waals surface area (Å²) in [4.78, 5) is 26.7. The van der Waals surface area contributed by atoms with Gasteiger partial charge in [-0.05, 0) is 75.8 Å². The number of halogens is 3. The van der Waals surface area contributed by atoms with Gasteiger partial charge in [0.05, 0.1) is 22.1 Å². The van der Waals surface area contributed by atoms with Gasteiger partial charge in [-0.15, -0.1) is 6.42 Å². The van der Waals surface area contributed by atoms with Crippen molar-refractivity contribution >= 4 is 74.8 Å². The summed E-state index contributed by atoms with van der Waals surface area (Å²) >= 11 is 15.1. The number of nitrogens with zero attached hydrogens (tertiary/aromatic N) is 1. The molecule has 0 radical (unpaired) electrons. The molecule has 154 valence electrons. The second-order valence-electron chi connectivity index (χ2n) is 6.03. The maximum Gasteiger partial charge on any atom is 0.293 e. The maximum atomic E-state index is 12.8. The zero-order valence-corrected chi connectivity index (χ0v) is 20.1. The average Bonchev–Trinajstić information content (AvgIpc) is 2.96. The summed E-state index contributed by atoms with van der Waals surface area (Å²) < 4.78 is 11.7. The van der Waals surface area contributed by atoms with Crippen LogP contribution in [0.15, 0.2) is 35.2 Å². The van der Waals surface area contributed by atoms with E-state index in [1.807, 2.05) is 6.07 Å². The van der Waals surface area contributed by atoms with E-state index in [2.05, 4.69) is 28.5 Å². The van der Waals surface area contributed by atoms with E-state index in [1.165, 1.54) is 7.11 Å². The summed E-state index contributed by atoms with van der Waals surface area (Å²) in [6.45, 7) is 0.176. The summed E-state index contributed by atoms with van der Waals surface area (Å²) in [7, 11) is 1.52. The molecular formula is C21H14Cl2INO4S. The van der Waals surface area contributed by atoms with Crippen molar-refractivity contribution in [3.8, 4) is 23.8 Å². The van der Waals surface area contributed by atoms with Crippen LogP contribution in [-0.4, -0.2) is 29.8 Å². The zero-order chi connectivity index (χ0) is 21.8. The summed E-state index contributed by atoms with van der Waals surface area (Å²) in [5.41, 5.74) is 1.33. The van der Waals surface area contributed by atoms with Crippen molar-refractivity contribution in [2.45, 2.75) is 6.54 Å². The van der Waals surface area contributed by atoms with Crippen molar-refractivity contribution in [1.82, 2.24) is 4.90 Å². The number of carbonyl (C=O) groups is 2. The Balaban J connectivity index is 1.86. The molecule has 9 heteroatoms. The van der Waals surface area contributed by atoms with Crippen LogP contribution >= 0.6 is 57.6 Å². The van der Waals surface area contributed by atoms with Gasteiger partial charge in [0.25, 0.3) is 11.1 Å². The quantitative estimate of drug-likeness (QED) is 0.246. The molecule has 3 rings (SSSR count). The number of imide groups is 1. The lowest BCUT2D eigenvalue weighted by atomic mass is 10.1. The summed E-state index contributed by atoms with van der Waals surface area (Å²) in [5, 5.41) is 0.510. The van der Waals surface area contributed by atoms with Crippen LogP contribution in [0.1, 0.15) is 11.1 Å². The normalized spacial score (nSPS) is 14.9. The molecule has 0 atom stereocenters. The molecule has 2 amide bonds. The van der Waals surface area contributed by atoms with Crippen molar-refractivity contribution in [2.75, 3.05) is 13.7 Å². The van der Waals surface area contributed by atoms with Gasteiger partial charge in [0.1, 0.15) is 6.61 Å². The molecule has 1 aliphatic heterocycles. The molecule has 5 nitrogen and oxygen atoms in total. The fourth-order valence-electron chi connectivity index (χ4n) is 2.68. The highest BCUT2D eigenvalue weighted by atomic mass is 127. The Morgan fingerprint density at radius 2 is 2.03 bits per heavy atom. The number of terminal acetylenes is 1. The number of thioether (sulfide) groups is 1. The Kier molecular flexibility index (Phi) is 7.58. The molecule has 0 N–H and O–H groups in total. The third kappa shape index (κ3) is 5.06. The van der Waals surface area contributed by atoms with E-state index in [0.29, 0.717) is 37.6 Å². The highest BCUT2D eigenvalue weighted by Crippen LogP contribution is 2.38. The van der Waals surface area contributed by atoms with Crippen LogP contribution in [-0.2, 0) is 11.3 Å². The second-order valence-corrected chi connectivity index (χ2v) is 9.03. The highest BCUT2D eigenvalue weighted by Gasteiger charge is 2.35. The van der Waals surface area contributed by atoms with Gasteiger partial charge in [-0.1, -0.05) is 35.2 Å². The van der Waals surface area contributed by atoms with E-state index in [9.17, 15) is 9.59 Å². The fourth-order valence-corrected chi connectivity index (χ4v) is 4.77. The molecular weight excluding hydrogens is 560 g/mol. The largest absolute Gasteiger partial charge is 0.493 e. The lowest BCUT2D eigenvalue weighted by molar-refractivity contribution is -0.123. The second kappa shape index (κ2) is 9.96. The first kappa shape index (κ1) is 22.8. The van der Waals surface area contributed by atoms with Crippen LogP contribution in [0.2, 0.25) is 10.0 Å². The van der Waals surface area contributed by atoms with Crippen LogP contribution < -0.4 is 9.47 Å². The summed E-state index contributed by atoms with van der Waals surface area (Å²) in [6.07, 6.45) is 6.89. The molecule has 0 bridgehead atoms. The molecule has 1 aliphatic rings. The van der Waals surface area contributed by atoms with E-state index in [0.717, 1.165) is 20.2 Å². The van der Waals surface area contributed by atoms with Crippen LogP contribution in [0, 0.1) is 15.9 Å². The lowest BCUT2D eigenvalue weighted by Gasteiger charge is -2.14. The molecule has 2 aromatic rings. The number of rotatable bonds is 6. The van der Waals surface area contributed by atoms with Crippen molar-refractivity contribution in [1.29, 1.82) is 0 Å². The Morgan fingerprint density at radius 1 is 1.27 bits per heavy atom. The standard InChI is InChI=1S/C21H14Cl2INO4S/c1-3-6-29-19-16(24)7-12(8-17(19)28-2)9-18-20(26)25(21(27)30-18)11-13-4-5-14(22)10-15(13)23/h1,4-5,7-10H,6,11H2,2H3/b18-9+. The molecule has 30 heavy (non-hydrogen) atoms. The highest BCUT2D eigenvalue weighted by molar-refractivity contribution is 14.1. The van der Waals surface area contributed by atoms with Crippen LogP contribution in [0.25, 0.3) is 6.08 Å². The van der Waals surface area contributed by atoms with Crippen molar-refractivity contribution in [3.05, 3.63) is 60.0 Å². The molecule has 1 fully saturated rings. The first-order valence-electron chi connectivity index (χ1n) is 8.47. The Labute approximate surface area is 201 Å². The van der Waals surface area contributed by atoms with Gasteiger partial charge in [0, 0.05) is 10.0 Å². The van der Waals surface area contributed by atoms with Crippen molar-refractivity contribution in [2.24, 2.45) is 0 Å². The number of carbonyl (C=O) groups excluding carboxylic acids is 2. The third-order valence-corrected chi connectivity index (χ3v) is 6.36. The predicted molar refractivity (Wildman–Crippen MR) is 128 cm³/mol. The molecule has 0 spiro atoms. The van der Waals surface area contributed by atoms with E-state index >= 15 is 0 Å². The monoisotopic (exact) mass is 573 g/mol. The predicted octanol–water partition coefficient (Wildman–Crippen LogP) is 5.86. The molecule has 2 aromatic carbocycles. The van der Waals surface area contributed by atoms with Gasteiger partial charge in [-0.25, -0.2) is 0 Å². The molecule has 1 saturated heterocycles. The number of amides is 2. The zero-order valence-electron chi connectivity index (χ0n) is 15.6. The number of benzene rings is 2. The van der Waals surface area contributed by atoms with E-state index < -0.39 is 5.91 Å². The molecule has 0 aliphatic carbocycles. The van der Waals surface area contributed by atoms with Gasteiger partial charge in [-0.3, -0.25) is 14.5 Å². The fraction of sp³-hybridized carbons (Fsp3) is 0.143. The van der Waals surface area contributed by atoms with Gasteiger partial charge in [0.15, 0.2) is 11.5 Å². The SMILES string of the molecule is C#CCOc1c(I)cc(/C=C2/SC(=O)N(Cc3ccc(Cl)cc3Cl)C2=O)cc1OC. The van der Waals surface area contributed by atoms with Crippen molar-refractivity contribution in [3.63, 3.8) is 0 Å². The number of methoxy groups -OCH3 is 1. The number of hydrogen-bond donors (Lipinski definition) is 0.